The summed E-state index contributed by atoms with van der Waals surface area (Å²) >= 11 is 0. The molecule has 0 unspecified atom stereocenters. The second kappa shape index (κ2) is 8.82. The van der Waals surface area contributed by atoms with Crippen molar-refractivity contribution in [3.8, 4) is 0 Å². The molecular formula is C27H34O7. The number of fused-ring (bicyclic) bond motifs is 5. The lowest BCUT2D eigenvalue weighted by molar-refractivity contribution is -0.167. The number of allylic oxidation sites excluding steroid dienone is 6. The third kappa shape index (κ3) is 3.64. The van der Waals surface area contributed by atoms with E-state index in [0.717, 1.165) is 18.4 Å². The first-order valence-corrected chi connectivity index (χ1v) is 12.3. The summed E-state index contributed by atoms with van der Waals surface area (Å²) < 4.78 is 16.1. The van der Waals surface area contributed by atoms with E-state index in [9.17, 15) is 19.2 Å². The average molecular weight is 471 g/mol. The first-order valence-electron chi connectivity index (χ1n) is 12.3. The summed E-state index contributed by atoms with van der Waals surface area (Å²) in [5, 5.41) is 0. The van der Waals surface area contributed by atoms with Crippen LogP contribution in [0.15, 0.2) is 35.5 Å². The third-order valence-corrected chi connectivity index (χ3v) is 8.69. The summed E-state index contributed by atoms with van der Waals surface area (Å²) in [6.45, 7) is 7.24. The van der Waals surface area contributed by atoms with E-state index in [1.54, 1.807) is 26.0 Å². The molecule has 2 saturated carbocycles. The average Bonchev–Trinajstić information content (AvgIpc) is 3.10. The standard InChI is InChI=1S/C27H34O7/c1-5-23(30)33-16-22(29)27(34-24(31)32-6-2)14-11-21-19-8-7-17-15-18(28)9-12-25(17,3)20(19)10-13-26(21,27)4/h9-10,12,15,19,21H,5-8,11,13-14,16H2,1-4H3/t19-,21+,25+,26+,27+/m1/s1. The number of esters is 1. The lowest BCUT2D eigenvalue weighted by Crippen LogP contribution is -2.58. The van der Waals surface area contributed by atoms with Gasteiger partial charge in [0.25, 0.3) is 0 Å². The van der Waals surface area contributed by atoms with Gasteiger partial charge in [-0.15, -0.1) is 0 Å². The van der Waals surface area contributed by atoms with Gasteiger partial charge in [0.05, 0.1) is 6.61 Å². The lowest BCUT2D eigenvalue weighted by atomic mass is 9.51. The molecule has 7 heteroatoms. The molecule has 4 rings (SSSR count). The molecule has 0 heterocycles. The van der Waals surface area contributed by atoms with Crippen molar-refractivity contribution in [1.29, 1.82) is 0 Å². The zero-order valence-corrected chi connectivity index (χ0v) is 20.5. The number of hydrogen-bond acceptors (Lipinski definition) is 7. The van der Waals surface area contributed by atoms with Crippen LogP contribution in [0.5, 0.6) is 0 Å². The SMILES string of the molecule is CCOC(=O)O[C@]1(C(=O)COC(=O)CC)CC[C@H]2[C@@H]3CCC4=CC(=O)C=C[C@]4(C)C3=CC[C@@]21C. The fourth-order valence-electron chi connectivity index (χ4n) is 6.85. The van der Waals surface area contributed by atoms with Gasteiger partial charge >= 0.3 is 12.1 Å². The highest BCUT2D eigenvalue weighted by molar-refractivity contribution is 6.01. The Morgan fingerprint density at radius 3 is 2.59 bits per heavy atom. The number of carbonyl (C=O) groups excluding carboxylic acids is 4. The molecule has 34 heavy (non-hydrogen) atoms. The predicted molar refractivity (Wildman–Crippen MR) is 124 cm³/mol. The van der Waals surface area contributed by atoms with Gasteiger partial charge in [-0.05, 0) is 69.9 Å². The van der Waals surface area contributed by atoms with Gasteiger partial charge in [-0.3, -0.25) is 14.4 Å². The third-order valence-electron chi connectivity index (χ3n) is 8.69. The highest BCUT2D eigenvalue weighted by Crippen LogP contribution is 2.66. The second-order valence-corrected chi connectivity index (χ2v) is 10.2. The van der Waals surface area contributed by atoms with Gasteiger partial charge in [0, 0.05) is 17.3 Å². The molecule has 0 radical (unpaired) electrons. The van der Waals surface area contributed by atoms with E-state index >= 15 is 0 Å². The van der Waals surface area contributed by atoms with E-state index in [-0.39, 0.29) is 36.1 Å². The van der Waals surface area contributed by atoms with Crippen molar-refractivity contribution >= 4 is 23.7 Å². The minimum absolute atomic E-state index is 0.0297. The number of hydrogen-bond donors (Lipinski definition) is 0. The van der Waals surface area contributed by atoms with E-state index in [1.165, 1.54) is 5.57 Å². The Morgan fingerprint density at radius 2 is 1.88 bits per heavy atom. The van der Waals surface area contributed by atoms with Crippen LogP contribution in [-0.4, -0.2) is 42.5 Å². The number of carbonyl (C=O) groups is 4. The van der Waals surface area contributed by atoms with E-state index < -0.39 is 35.5 Å². The van der Waals surface area contributed by atoms with Crippen LogP contribution in [0.2, 0.25) is 0 Å². The Labute approximate surface area is 200 Å². The summed E-state index contributed by atoms with van der Waals surface area (Å²) in [5.41, 5.74) is 0.0466. The Bertz CT molecular complexity index is 1000. The van der Waals surface area contributed by atoms with E-state index in [1.807, 2.05) is 13.0 Å². The van der Waals surface area contributed by atoms with Crippen molar-refractivity contribution < 1.29 is 33.4 Å². The first kappa shape index (κ1) is 24.4. The number of Topliss-reactive ketones (excluding diaryl/α,β-unsaturated/α-hetero) is 1. The summed E-state index contributed by atoms with van der Waals surface area (Å²) in [5.74, 6) is -0.519. The van der Waals surface area contributed by atoms with Crippen molar-refractivity contribution in [2.75, 3.05) is 13.2 Å². The van der Waals surface area contributed by atoms with Crippen LogP contribution in [0.25, 0.3) is 0 Å². The van der Waals surface area contributed by atoms with Crippen LogP contribution in [0, 0.1) is 22.7 Å². The molecular weight excluding hydrogens is 436 g/mol. The van der Waals surface area contributed by atoms with Crippen LogP contribution >= 0.6 is 0 Å². The van der Waals surface area contributed by atoms with Crippen molar-refractivity contribution in [2.45, 2.75) is 71.8 Å². The smallest absolute Gasteiger partial charge is 0.457 e. The molecule has 5 atom stereocenters. The van der Waals surface area contributed by atoms with Crippen LogP contribution in [-0.2, 0) is 28.6 Å². The quantitative estimate of drug-likeness (QED) is 0.412. The van der Waals surface area contributed by atoms with Crippen LogP contribution < -0.4 is 0 Å². The molecule has 184 valence electrons. The largest absolute Gasteiger partial charge is 0.509 e. The monoisotopic (exact) mass is 470 g/mol. The van der Waals surface area contributed by atoms with Crippen molar-refractivity contribution in [3.05, 3.63) is 35.5 Å². The predicted octanol–water partition coefficient (Wildman–Crippen LogP) is 4.65. The Balaban J connectivity index is 1.71. The van der Waals surface area contributed by atoms with E-state index in [0.29, 0.717) is 19.3 Å². The molecule has 0 saturated heterocycles. The first-order chi connectivity index (χ1) is 16.1. The van der Waals surface area contributed by atoms with E-state index in [2.05, 4.69) is 13.0 Å². The molecule has 0 aromatic heterocycles. The molecule has 0 aromatic rings. The van der Waals surface area contributed by atoms with Gasteiger partial charge < -0.3 is 14.2 Å². The second-order valence-electron chi connectivity index (χ2n) is 10.2. The summed E-state index contributed by atoms with van der Waals surface area (Å²) in [4.78, 5) is 49.8. The summed E-state index contributed by atoms with van der Waals surface area (Å²) in [6, 6.07) is 0. The highest BCUT2D eigenvalue weighted by atomic mass is 16.7. The molecule has 0 amide bonds. The fraction of sp³-hybridized carbons (Fsp3) is 0.630. The Hall–Kier alpha value is -2.70. The number of ether oxygens (including phenoxy) is 3. The molecule has 0 aromatic carbocycles. The van der Waals surface area contributed by atoms with Crippen LogP contribution in [0.4, 0.5) is 4.79 Å². The van der Waals surface area contributed by atoms with Gasteiger partial charge in [0.1, 0.15) is 0 Å². The Kier molecular flexibility index (Phi) is 6.34. The zero-order chi connectivity index (χ0) is 24.7. The molecule has 4 aliphatic rings. The maximum absolute atomic E-state index is 13.6. The van der Waals surface area contributed by atoms with Gasteiger partial charge in [0.15, 0.2) is 18.0 Å². The normalized spacial score (nSPS) is 35.8. The molecule has 0 N–H and O–H groups in total. The zero-order valence-electron chi connectivity index (χ0n) is 20.5. The van der Waals surface area contributed by atoms with Crippen LogP contribution in [0.1, 0.15) is 66.2 Å². The Morgan fingerprint density at radius 1 is 1.12 bits per heavy atom. The van der Waals surface area contributed by atoms with Gasteiger partial charge in [-0.25, -0.2) is 4.79 Å². The molecule has 2 fully saturated rings. The molecule has 0 spiro atoms. The van der Waals surface area contributed by atoms with Gasteiger partial charge in [0.2, 0.25) is 5.78 Å². The van der Waals surface area contributed by atoms with Crippen LogP contribution in [0.3, 0.4) is 0 Å². The van der Waals surface area contributed by atoms with Crippen molar-refractivity contribution in [2.24, 2.45) is 22.7 Å². The number of rotatable bonds is 6. The van der Waals surface area contributed by atoms with Crippen molar-refractivity contribution in [1.82, 2.24) is 0 Å². The maximum Gasteiger partial charge on any atom is 0.509 e. The van der Waals surface area contributed by atoms with Crippen molar-refractivity contribution in [3.63, 3.8) is 0 Å². The topological polar surface area (TPSA) is 96.0 Å². The molecule has 7 nitrogen and oxygen atoms in total. The fourth-order valence-corrected chi connectivity index (χ4v) is 6.85. The molecule has 0 bridgehead atoms. The van der Waals surface area contributed by atoms with Gasteiger partial charge in [-0.1, -0.05) is 37.1 Å². The highest BCUT2D eigenvalue weighted by Gasteiger charge is 2.67. The molecule has 4 aliphatic carbocycles. The summed E-state index contributed by atoms with van der Waals surface area (Å²) in [6.07, 6.45) is 10.2. The van der Waals surface area contributed by atoms with Gasteiger partial charge in [-0.2, -0.15) is 0 Å². The minimum Gasteiger partial charge on any atom is -0.457 e. The number of ketones is 2. The minimum atomic E-state index is -1.42. The maximum atomic E-state index is 13.6. The molecule has 0 aliphatic heterocycles. The van der Waals surface area contributed by atoms with E-state index in [4.69, 9.17) is 14.2 Å². The lowest BCUT2D eigenvalue weighted by Gasteiger charge is -2.53. The summed E-state index contributed by atoms with van der Waals surface area (Å²) in [7, 11) is 0.